The molecular weight excluding hydrogens is 301 g/mol. The number of nitrogens with zero attached hydrogens (tertiary/aromatic N) is 2. The zero-order valence-corrected chi connectivity index (χ0v) is 12.7. The molecule has 0 aliphatic carbocycles. The van der Waals surface area contributed by atoms with Crippen molar-refractivity contribution in [1.29, 1.82) is 0 Å². The Bertz CT molecular complexity index is 686. The van der Waals surface area contributed by atoms with Gasteiger partial charge in [-0.15, -0.1) is 0 Å². The van der Waals surface area contributed by atoms with Crippen LogP contribution in [0.2, 0.25) is 0 Å². The summed E-state index contributed by atoms with van der Waals surface area (Å²) in [5.74, 6) is 0.434. The Morgan fingerprint density at radius 3 is 2.87 bits per heavy atom. The quantitative estimate of drug-likeness (QED) is 0.899. The smallest absolute Gasteiger partial charge is 0.239 e. The molecule has 1 saturated heterocycles. The van der Waals surface area contributed by atoms with Crippen LogP contribution in [0.15, 0.2) is 34.9 Å². The number of amides is 1. The van der Waals surface area contributed by atoms with Gasteiger partial charge in [0, 0.05) is 18.7 Å². The summed E-state index contributed by atoms with van der Waals surface area (Å²) in [6.45, 7) is 2.25. The van der Waals surface area contributed by atoms with Crippen LogP contribution >= 0.6 is 0 Å². The topological polar surface area (TPSA) is 78.6 Å². The van der Waals surface area contributed by atoms with Crippen molar-refractivity contribution in [3.05, 3.63) is 47.5 Å². The first-order valence-corrected chi connectivity index (χ1v) is 7.42. The molecule has 0 saturated carbocycles. The van der Waals surface area contributed by atoms with Crippen LogP contribution in [0.3, 0.4) is 0 Å². The molecule has 2 N–H and O–H groups in total. The van der Waals surface area contributed by atoms with Crippen LogP contribution in [-0.2, 0) is 4.79 Å². The molecule has 7 heteroatoms. The van der Waals surface area contributed by atoms with Gasteiger partial charge in [-0.3, -0.25) is 9.69 Å². The summed E-state index contributed by atoms with van der Waals surface area (Å²) in [6.07, 6.45) is 0.00858. The van der Waals surface area contributed by atoms with E-state index in [0.29, 0.717) is 24.5 Å². The number of carbonyl (C=O) groups is 1. The van der Waals surface area contributed by atoms with E-state index >= 15 is 0 Å². The number of carbonyl (C=O) groups excluding carboxylic acids is 1. The second-order valence-corrected chi connectivity index (χ2v) is 5.76. The van der Waals surface area contributed by atoms with Crippen LogP contribution in [-0.4, -0.2) is 40.3 Å². The molecule has 1 aliphatic heterocycles. The number of anilines is 1. The van der Waals surface area contributed by atoms with Gasteiger partial charge in [-0.25, -0.2) is 4.39 Å². The van der Waals surface area contributed by atoms with Crippen molar-refractivity contribution >= 4 is 11.7 Å². The molecule has 1 aromatic heterocycles. The van der Waals surface area contributed by atoms with Gasteiger partial charge in [-0.2, -0.15) is 0 Å². The van der Waals surface area contributed by atoms with Crippen molar-refractivity contribution in [1.82, 2.24) is 10.1 Å². The minimum atomic E-state index is -0.507. The number of aliphatic hydroxyl groups excluding tert-OH is 1. The highest BCUT2D eigenvalue weighted by atomic mass is 19.1. The van der Waals surface area contributed by atoms with Crippen LogP contribution < -0.4 is 5.32 Å². The predicted molar refractivity (Wildman–Crippen MR) is 81.2 cm³/mol. The maximum Gasteiger partial charge on any atom is 0.239 e. The first-order valence-electron chi connectivity index (χ1n) is 7.42. The third-order valence-electron chi connectivity index (χ3n) is 3.88. The lowest BCUT2D eigenvalue weighted by molar-refractivity contribution is -0.117. The first-order chi connectivity index (χ1) is 11.0. The van der Waals surface area contributed by atoms with Gasteiger partial charge in [0.05, 0.1) is 12.6 Å². The molecule has 0 spiro atoms. The number of nitrogens with one attached hydrogen (secondary N) is 1. The van der Waals surface area contributed by atoms with E-state index in [2.05, 4.69) is 10.5 Å². The van der Waals surface area contributed by atoms with Crippen LogP contribution in [0.25, 0.3) is 0 Å². The Labute approximate surface area is 132 Å². The first kappa shape index (κ1) is 15.6. The fourth-order valence-electron chi connectivity index (χ4n) is 2.88. The molecule has 1 fully saturated rings. The number of halogens is 1. The average Bonchev–Trinajstić information content (AvgIpc) is 3.06. The molecule has 2 heterocycles. The zero-order chi connectivity index (χ0) is 16.4. The number of aromatic nitrogens is 1. The molecule has 3 rings (SSSR count). The Balaban J connectivity index is 1.67. The summed E-state index contributed by atoms with van der Waals surface area (Å²) in [5, 5.41) is 16.3. The molecule has 1 aliphatic rings. The normalized spacial score (nSPS) is 21.5. The van der Waals surface area contributed by atoms with Crippen molar-refractivity contribution in [3.63, 3.8) is 0 Å². The van der Waals surface area contributed by atoms with Gasteiger partial charge in [0.25, 0.3) is 0 Å². The number of β-amino-alcohol motifs (C(OH)–C–C–N with tert-alkyl or cyclic N) is 1. The van der Waals surface area contributed by atoms with Gasteiger partial charge in [0.2, 0.25) is 5.91 Å². The summed E-state index contributed by atoms with van der Waals surface area (Å²) in [6, 6.07) is 7.66. The molecule has 2 atom stereocenters. The lowest BCUT2D eigenvalue weighted by atomic mass is 10.0. The molecule has 2 aromatic rings. The molecule has 6 nitrogen and oxygen atoms in total. The van der Waals surface area contributed by atoms with Crippen LogP contribution in [0.5, 0.6) is 0 Å². The second kappa shape index (κ2) is 6.47. The average molecular weight is 319 g/mol. The van der Waals surface area contributed by atoms with E-state index in [1.54, 1.807) is 25.1 Å². The number of likely N-dealkylation sites (tertiary alicyclic amines) is 1. The molecule has 1 amide bonds. The van der Waals surface area contributed by atoms with Gasteiger partial charge in [0.1, 0.15) is 11.6 Å². The summed E-state index contributed by atoms with van der Waals surface area (Å²) in [7, 11) is 0. The summed E-state index contributed by atoms with van der Waals surface area (Å²) < 4.78 is 18.0. The molecular formula is C16H18FN3O3. The maximum absolute atomic E-state index is 13.1. The highest BCUT2D eigenvalue weighted by Crippen LogP contribution is 2.31. The van der Waals surface area contributed by atoms with E-state index in [1.807, 2.05) is 4.90 Å². The van der Waals surface area contributed by atoms with Crippen LogP contribution in [0.4, 0.5) is 10.2 Å². The summed E-state index contributed by atoms with van der Waals surface area (Å²) in [4.78, 5) is 14.0. The van der Waals surface area contributed by atoms with Crippen molar-refractivity contribution in [2.24, 2.45) is 0 Å². The van der Waals surface area contributed by atoms with Crippen LogP contribution in [0, 0.1) is 12.7 Å². The minimum absolute atomic E-state index is 0.115. The fraction of sp³-hybridized carbons (Fsp3) is 0.375. The van der Waals surface area contributed by atoms with E-state index in [1.165, 1.54) is 12.1 Å². The van der Waals surface area contributed by atoms with Crippen LogP contribution in [0.1, 0.15) is 23.8 Å². The molecule has 122 valence electrons. The monoisotopic (exact) mass is 319 g/mol. The van der Waals surface area contributed by atoms with E-state index in [9.17, 15) is 14.3 Å². The number of hydrogen-bond donors (Lipinski definition) is 2. The van der Waals surface area contributed by atoms with Gasteiger partial charge in [-0.1, -0.05) is 17.3 Å². The van der Waals surface area contributed by atoms with Gasteiger partial charge in [-0.05, 0) is 31.0 Å². The Kier molecular flexibility index (Phi) is 4.40. The molecule has 0 bridgehead atoms. The molecule has 0 radical (unpaired) electrons. The predicted octanol–water partition coefficient (Wildman–Crippen LogP) is 1.87. The standard InChI is InChI=1S/C16H18FN3O3/c1-10-6-15(19-23-10)18-16(22)9-20-8-13(21)7-14(20)11-2-4-12(17)5-3-11/h2-6,13-14,21H,7-9H2,1H3,(H,18,19,22)/t13-,14-/m1/s1. The maximum atomic E-state index is 13.1. The molecule has 23 heavy (non-hydrogen) atoms. The lowest BCUT2D eigenvalue weighted by Crippen LogP contribution is -2.33. The van der Waals surface area contributed by atoms with E-state index in [-0.39, 0.29) is 24.3 Å². The number of aliphatic hydroxyl groups is 1. The van der Waals surface area contributed by atoms with Gasteiger partial charge in [0.15, 0.2) is 5.82 Å². The zero-order valence-electron chi connectivity index (χ0n) is 12.7. The van der Waals surface area contributed by atoms with Crippen molar-refractivity contribution in [3.8, 4) is 0 Å². The summed E-state index contributed by atoms with van der Waals surface area (Å²) in [5.41, 5.74) is 0.882. The minimum Gasteiger partial charge on any atom is -0.392 e. The highest BCUT2D eigenvalue weighted by Gasteiger charge is 2.33. The van der Waals surface area contributed by atoms with Gasteiger partial charge < -0.3 is 14.9 Å². The number of benzene rings is 1. The number of aryl methyl sites for hydroxylation is 1. The number of hydrogen-bond acceptors (Lipinski definition) is 5. The SMILES string of the molecule is Cc1cc(NC(=O)CN2C[C@H](O)C[C@@H]2c2ccc(F)cc2)no1. The fourth-order valence-corrected chi connectivity index (χ4v) is 2.88. The van der Waals surface area contributed by atoms with E-state index < -0.39 is 6.10 Å². The van der Waals surface area contributed by atoms with Crippen molar-refractivity contribution < 1.29 is 18.8 Å². The Morgan fingerprint density at radius 2 is 2.22 bits per heavy atom. The molecule has 1 aromatic carbocycles. The largest absolute Gasteiger partial charge is 0.392 e. The third kappa shape index (κ3) is 3.75. The Hall–Kier alpha value is -2.25. The van der Waals surface area contributed by atoms with Gasteiger partial charge >= 0.3 is 0 Å². The lowest BCUT2D eigenvalue weighted by Gasteiger charge is -2.23. The third-order valence-corrected chi connectivity index (χ3v) is 3.88. The second-order valence-electron chi connectivity index (χ2n) is 5.76. The van der Waals surface area contributed by atoms with Crippen molar-refractivity contribution in [2.45, 2.75) is 25.5 Å². The Morgan fingerprint density at radius 1 is 1.48 bits per heavy atom. The highest BCUT2D eigenvalue weighted by molar-refractivity contribution is 5.91. The van der Waals surface area contributed by atoms with Crippen molar-refractivity contribution in [2.75, 3.05) is 18.4 Å². The van der Waals surface area contributed by atoms with E-state index in [0.717, 1.165) is 5.56 Å². The summed E-state index contributed by atoms with van der Waals surface area (Å²) >= 11 is 0. The number of rotatable bonds is 4. The molecule has 0 unspecified atom stereocenters. The van der Waals surface area contributed by atoms with E-state index in [4.69, 9.17) is 4.52 Å².